The second-order valence-corrected chi connectivity index (χ2v) is 12.1. The van der Waals surface area contributed by atoms with Gasteiger partial charge in [-0.3, -0.25) is 0 Å². The minimum Gasteiger partial charge on any atom is -0.309 e. The fraction of sp³-hybridized carbons (Fsp3) is 0.0233. The SMILES string of the molecule is c1ccc(-n2c3ccccc3c3cc4c(cc32)c2ccccc2n4-c2cccc(C3c4ccccc4-c4ccccc43)c2)cc1. The molecule has 9 aromatic rings. The lowest BCUT2D eigenvalue weighted by atomic mass is 9.89. The Morgan fingerprint density at radius 2 is 0.822 bits per heavy atom. The minimum atomic E-state index is 0.209. The van der Waals surface area contributed by atoms with Gasteiger partial charge in [0.1, 0.15) is 0 Å². The number of fused-ring (bicyclic) bond motifs is 9. The first kappa shape index (κ1) is 24.6. The highest BCUT2D eigenvalue weighted by molar-refractivity contribution is 6.19. The van der Waals surface area contributed by atoms with Gasteiger partial charge in [-0.1, -0.05) is 115 Å². The maximum absolute atomic E-state index is 2.47. The summed E-state index contributed by atoms with van der Waals surface area (Å²) in [6, 6.07) is 60.2. The molecule has 0 aliphatic heterocycles. The molecule has 0 spiro atoms. The molecule has 2 heterocycles. The maximum atomic E-state index is 2.47. The van der Waals surface area contributed by atoms with Crippen LogP contribution in [0.5, 0.6) is 0 Å². The van der Waals surface area contributed by atoms with Crippen molar-refractivity contribution in [1.29, 1.82) is 0 Å². The summed E-state index contributed by atoms with van der Waals surface area (Å²) in [4.78, 5) is 0. The van der Waals surface area contributed by atoms with E-state index in [-0.39, 0.29) is 5.92 Å². The molecular weight excluding hydrogens is 544 g/mol. The maximum Gasteiger partial charge on any atom is 0.0548 e. The van der Waals surface area contributed by atoms with Crippen LogP contribution in [0.15, 0.2) is 164 Å². The summed E-state index contributed by atoms with van der Waals surface area (Å²) in [5.41, 5.74) is 14.0. The van der Waals surface area contributed by atoms with E-state index in [0.717, 1.165) is 0 Å². The predicted molar refractivity (Wildman–Crippen MR) is 188 cm³/mol. The van der Waals surface area contributed by atoms with E-state index < -0.39 is 0 Å². The fourth-order valence-electron chi connectivity index (χ4n) is 7.92. The molecule has 0 atom stereocenters. The summed E-state index contributed by atoms with van der Waals surface area (Å²) in [6.07, 6.45) is 0. The highest BCUT2D eigenvalue weighted by Gasteiger charge is 2.29. The molecule has 0 N–H and O–H groups in total. The highest BCUT2D eigenvalue weighted by Crippen LogP contribution is 2.48. The zero-order valence-electron chi connectivity index (χ0n) is 24.6. The molecule has 0 bridgehead atoms. The van der Waals surface area contributed by atoms with E-state index in [0.29, 0.717) is 0 Å². The van der Waals surface area contributed by atoms with Crippen molar-refractivity contribution in [3.05, 3.63) is 180 Å². The normalized spacial score (nSPS) is 12.8. The molecule has 2 nitrogen and oxygen atoms in total. The summed E-state index contributed by atoms with van der Waals surface area (Å²) >= 11 is 0. The summed E-state index contributed by atoms with van der Waals surface area (Å²) in [7, 11) is 0. The van der Waals surface area contributed by atoms with E-state index in [1.165, 1.54) is 82.8 Å². The minimum absolute atomic E-state index is 0.209. The second kappa shape index (κ2) is 9.32. The van der Waals surface area contributed by atoms with Crippen molar-refractivity contribution in [1.82, 2.24) is 9.13 Å². The van der Waals surface area contributed by atoms with Crippen LogP contribution in [0.1, 0.15) is 22.6 Å². The van der Waals surface area contributed by atoms with Gasteiger partial charge in [0.05, 0.1) is 22.1 Å². The topological polar surface area (TPSA) is 9.86 Å². The van der Waals surface area contributed by atoms with Gasteiger partial charge < -0.3 is 9.13 Å². The van der Waals surface area contributed by atoms with E-state index in [4.69, 9.17) is 0 Å². The van der Waals surface area contributed by atoms with Crippen LogP contribution in [0.3, 0.4) is 0 Å². The number of hydrogen-bond acceptors (Lipinski definition) is 0. The number of aromatic nitrogens is 2. The van der Waals surface area contributed by atoms with Crippen molar-refractivity contribution in [2.24, 2.45) is 0 Å². The van der Waals surface area contributed by atoms with Crippen LogP contribution >= 0.6 is 0 Å². The predicted octanol–water partition coefficient (Wildman–Crippen LogP) is 11.0. The summed E-state index contributed by atoms with van der Waals surface area (Å²) in [5.74, 6) is 0.209. The lowest BCUT2D eigenvalue weighted by Crippen LogP contribution is -2.01. The van der Waals surface area contributed by atoms with Crippen molar-refractivity contribution < 1.29 is 0 Å². The molecule has 2 aromatic heterocycles. The van der Waals surface area contributed by atoms with Gasteiger partial charge in [0.15, 0.2) is 0 Å². The summed E-state index contributed by atoms with van der Waals surface area (Å²) < 4.78 is 4.88. The summed E-state index contributed by atoms with van der Waals surface area (Å²) in [6.45, 7) is 0. The first-order chi connectivity index (χ1) is 22.3. The van der Waals surface area contributed by atoms with Crippen LogP contribution in [0.4, 0.5) is 0 Å². The van der Waals surface area contributed by atoms with E-state index in [1.807, 2.05) is 0 Å². The Hall–Kier alpha value is -5.86. The van der Waals surface area contributed by atoms with Crippen molar-refractivity contribution in [3.63, 3.8) is 0 Å². The Kier molecular flexibility index (Phi) is 5.09. The molecule has 7 aromatic carbocycles. The van der Waals surface area contributed by atoms with Crippen LogP contribution in [0.2, 0.25) is 0 Å². The zero-order chi connectivity index (χ0) is 29.5. The van der Waals surface area contributed by atoms with Crippen molar-refractivity contribution in [2.45, 2.75) is 5.92 Å². The van der Waals surface area contributed by atoms with Crippen LogP contribution < -0.4 is 0 Å². The number of hydrogen-bond donors (Lipinski definition) is 0. The van der Waals surface area contributed by atoms with Crippen LogP contribution in [-0.4, -0.2) is 9.13 Å². The van der Waals surface area contributed by atoms with Crippen molar-refractivity contribution in [3.8, 4) is 22.5 Å². The number of nitrogens with zero attached hydrogens (tertiary/aromatic N) is 2. The third-order valence-electron chi connectivity index (χ3n) is 9.78. The third-order valence-corrected chi connectivity index (χ3v) is 9.78. The molecule has 0 radical (unpaired) electrons. The largest absolute Gasteiger partial charge is 0.309 e. The lowest BCUT2D eigenvalue weighted by molar-refractivity contribution is 1.01. The first-order valence-corrected chi connectivity index (χ1v) is 15.7. The summed E-state index contributed by atoms with van der Waals surface area (Å²) in [5, 5.41) is 5.06. The Morgan fingerprint density at radius 1 is 0.333 bits per heavy atom. The van der Waals surface area contributed by atoms with Crippen molar-refractivity contribution in [2.75, 3.05) is 0 Å². The van der Waals surface area contributed by atoms with Crippen LogP contribution in [-0.2, 0) is 0 Å². The van der Waals surface area contributed by atoms with Gasteiger partial charge in [-0.05, 0) is 76.3 Å². The molecule has 10 rings (SSSR count). The molecule has 0 amide bonds. The van der Waals surface area contributed by atoms with Gasteiger partial charge >= 0.3 is 0 Å². The van der Waals surface area contributed by atoms with Crippen molar-refractivity contribution >= 4 is 43.6 Å². The number of rotatable bonds is 3. The Morgan fingerprint density at radius 3 is 1.44 bits per heavy atom. The molecular formula is C43H28N2. The molecule has 0 unspecified atom stereocenters. The van der Waals surface area contributed by atoms with E-state index >= 15 is 0 Å². The molecule has 1 aliphatic carbocycles. The molecule has 0 saturated carbocycles. The number of para-hydroxylation sites is 3. The molecule has 1 aliphatic rings. The van der Waals surface area contributed by atoms with Gasteiger partial charge in [0, 0.05) is 38.8 Å². The van der Waals surface area contributed by atoms with E-state index in [2.05, 4.69) is 173 Å². The highest BCUT2D eigenvalue weighted by atomic mass is 15.0. The first-order valence-electron chi connectivity index (χ1n) is 15.7. The molecule has 210 valence electrons. The molecule has 0 saturated heterocycles. The molecule has 2 heteroatoms. The zero-order valence-corrected chi connectivity index (χ0v) is 24.6. The van der Waals surface area contributed by atoms with Crippen LogP contribution in [0, 0.1) is 0 Å². The van der Waals surface area contributed by atoms with E-state index in [9.17, 15) is 0 Å². The van der Waals surface area contributed by atoms with Gasteiger partial charge in [-0.25, -0.2) is 0 Å². The monoisotopic (exact) mass is 572 g/mol. The lowest BCUT2D eigenvalue weighted by Gasteiger charge is -2.17. The average molecular weight is 573 g/mol. The van der Waals surface area contributed by atoms with Gasteiger partial charge in [0.2, 0.25) is 0 Å². The standard InChI is InChI=1S/C43H28N2/c1-2-14-29(15-3-1)44-39-23-10-8-19-33(39)37-27-42-38(26-41(37)44)34-20-9-11-24-40(34)45(42)30-16-12-13-28(25-30)43-35-21-6-4-17-31(35)32-18-5-7-22-36(32)43/h1-27,43H. The van der Waals surface area contributed by atoms with Gasteiger partial charge in [-0.2, -0.15) is 0 Å². The van der Waals surface area contributed by atoms with E-state index in [1.54, 1.807) is 0 Å². The van der Waals surface area contributed by atoms with Gasteiger partial charge in [0.25, 0.3) is 0 Å². The van der Waals surface area contributed by atoms with Gasteiger partial charge in [-0.15, -0.1) is 0 Å². The number of benzene rings is 7. The Bertz CT molecular complexity index is 2550. The molecule has 45 heavy (non-hydrogen) atoms. The fourth-order valence-corrected chi connectivity index (χ4v) is 7.92. The molecule has 0 fully saturated rings. The second-order valence-electron chi connectivity index (χ2n) is 12.1. The average Bonchev–Trinajstić information content (AvgIpc) is 3.73. The smallest absolute Gasteiger partial charge is 0.0548 e. The quantitative estimate of drug-likeness (QED) is 0.199. The Labute approximate surface area is 261 Å². The third kappa shape index (κ3) is 3.45. The Balaban J connectivity index is 1.25. The van der Waals surface area contributed by atoms with Crippen LogP contribution in [0.25, 0.3) is 66.1 Å².